The van der Waals surface area contributed by atoms with Crippen molar-refractivity contribution in [3.8, 4) is 0 Å². The second-order valence-electron chi connectivity index (χ2n) is 8.67. The summed E-state index contributed by atoms with van der Waals surface area (Å²) in [7, 11) is 2.32. The minimum Gasteiger partial charge on any atom is -0.344 e. The van der Waals surface area contributed by atoms with Gasteiger partial charge in [-0.2, -0.15) is 0 Å². The van der Waals surface area contributed by atoms with Crippen molar-refractivity contribution in [3.63, 3.8) is 0 Å². The monoisotopic (exact) mass is 384 g/mol. The van der Waals surface area contributed by atoms with Gasteiger partial charge in [0.2, 0.25) is 0 Å². The van der Waals surface area contributed by atoms with Gasteiger partial charge in [0.25, 0.3) is 0 Å². The van der Waals surface area contributed by atoms with Crippen LogP contribution in [0.3, 0.4) is 0 Å². The van der Waals surface area contributed by atoms with Crippen molar-refractivity contribution in [2.75, 3.05) is 20.1 Å². The summed E-state index contributed by atoms with van der Waals surface area (Å²) in [5, 5.41) is 0. The molecular weight excluding hydrogens is 328 g/mol. The molecule has 27 heavy (non-hydrogen) atoms. The first-order valence-corrected chi connectivity index (χ1v) is 12.5. The summed E-state index contributed by atoms with van der Waals surface area (Å²) >= 11 is 0. The maximum Gasteiger partial charge on any atom is -0.00218 e. The molecule has 0 aromatic rings. The van der Waals surface area contributed by atoms with E-state index in [4.69, 9.17) is 0 Å². The molecule has 0 radical (unpaired) electrons. The average molecular weight is 385 g/mol. The van der Waals surface area contributed by atoms with Crippen LogP contribution in [0.1, 0.15) is 142 Å². The third-order valence-corrected chi connectivity index (χ3v) is 5.79. The number of hydrogen-bond donors (Lipinski definition) is 1. The second kappa shape index (κ2) is 25.9. The normalized spacial score (nSPS) is 11.1. The number of nitrogens with zero attached hydrogens (tertiary/aromatic N) is 1. The Labute approximate surface area is 173 Å². The lowest BCUT2D eigenvalue weighted by Gasteiger charge is -2.16. The molecule has 0 atom stereocenters. The summed E-state index contributed by atoms with van der Waals surface area (Å²) in [6, 6.07) is 0. The fourth-order valence-electron chi connectivity index (χ4n) is 3.85. The summed E-state index contributed by atoms with van der Waals surface area (Å²) < 4.78 is 0. The van der Waals surface area contributed by atoms with Crippen molar-refractivity contribution in [2.45, 2.75) is 142 Å². The van der Waals surface area contributed by atoms with Crippen LogP contribution in [0.4, 0.5) is 0 Å². The SMILES string of the molecule is CCCCCCCCCCCCN(C)CCCCCCCCCCCC.N. The van der Waals surface area contributed by atoms with Crippen LogP contribution in [0.5, 0.6) is 0 Å². The molecule has 0 aliphatic heterocycles. The summed E-state index contributed by atoms with van der Waals surface area (Å²) in [6.07, 6.45) is 28.9. The van der Waals surface area contributed by atoms with E-state index in [1.54, 1.807) is 0 Å². The molecule has 0 heterocycles. The quantitative estimate of drug-likeness (QED) is 0.189. The van der Waals surface area contributed by atoms with Gasteiger partial charge < -0.3 is 11.1 Å². The smallest absolute Gasteiger partial charge is 0.00218 e. The first-order valence-electron chi connectivity index (χ1n) is 12.5. The molecule has 166 valence electrons. The van der Waals surface area contributed by atoms with E-state index in [1.165, 1.54) is 142 Å². The number of rotatable bonds is 22. The largest absolute Gasteiger partial charge is 0.344 e. The molecule has 0 rings (SSSR count). The molecule has 0 saturated heterocycles. The van der Waals surface area contributed by atoms with Gasteiger partial charge in [0.15, 0.2) is 0 Å². The lowest BCUT2D eigenvalue weighted by molar-refractivity contribution is 0.314. The minimum atomic E-state index is 0. The Kier molecular flexibility index (Phi) is 28.0. The van der Waals surface area contributed by atoms with Crippen molar-refractivity contribution >= 4 is 0 Å². The van der Waals surface area contributed by atoms with E-state index in [9.17, 15) is 0 Å². The highest BCUT2D eigenvalue weighted by molar-refractivity contribution is 4.55. The average Bonchev–Trinajstić information content (AvgIpc) is 2.64. The van der Waals surface area contributed by atoms with E-state index in [1.807, 2.05) is 0 Å². The molecule has 0 saturated carbocycles. The lowest BCUT2D eigenvalue weighted by Crippen LogP contribution is -2.20. The number of hydrogen-bond acceptors (Lipinski definition) is 2. The van der Waals surface area contributed by atoms with Crippen molar-refractivity contribution in [1.82, 2.24) is 11.1 Å². The molecule has 2 nitrogen and oxygen atoms in total. The van der Waals surface area contributed by atoms with Crippen molar-refractivity contribution < 1.29 is 0 Å². The zero-order chi connectivity index (χ0) is 19.1. The van der Waals surface area contributed by atoms with Crippen LogP contribution in [0, 0.1) is 0 Å². The summed E-state index contributed by atoms with van der Waals surface area (Å²) in [5.74, 6) is 0. The maximum absolute atomic E-state index is 2.56. The Morgan fingerprint density at radius 2 is 0.593 bits per heavy atom. The Morgan fingerprint density at radius 3 is 0.852 bits per heavy atom. The lowest BCUT2D eigenvalue weighted by atomic mass is 10.1. The van der Waals surface area contributed by atoms with Gasteiger partial charge in [-0.15, -0.1) is 0 Å². The maximum atomic E-state index is 2.56. The third-order valence-electron chi connectivity index (χ3n) is 5.79. The third kappa shape index (κ3) is 25.9. The zero-order valence-electron chi connectivity index (χ0n) is 19.7. The van der Waals surface area contributed by atoms with Crippen LogP contribution in [-0.2, 0) is 0 Å². The predicted molar refractivity (Wildman–Crippen MR) is 126 cm³/mol. The highest BCUT2D eigenvalue weighted by Gasteiger charge is 1.99. The highest BCUT2D eigenvalue weighted by Crippen LogP contribution is 2.12. The van der Waals surface area contributed by atoms with Crippen LogP contribution in [0.25, 0.3) is 0 Å². The van der Waals surface area contributed by atoms with E-state index < -0.39 is 0 Å². The first kappa shape index (κ1) is 29.1. The van der Waals surface area contributed by atoms with Gasteiger partial charge in [0.05, 0.1) is 0 Å². The van der Waals surface area contributed by atoms with Crippen LogP contribution < -0.4 is 6.15 Å². The Balaban J connectivity index is 0. The Hall–Kier alpha value is -0.0800. The molecule has 0 aliphatic rings. The van der Waals surface area contributed by atoms with Gasteiger partial charge in [0, 0.05) is 0 Å². The molecule has 0 amide bonds. The Morgan fingerprint density at radius 1 is 0.370 bits per heavy atom. The molecule has 3 N–H and O–H groups in total. The molecule has 0 spiro atoms. The van der Waals surface area contributed by atoms with Crippen LogP contribution in [-0.4, -0.2) is 25.0 Å². The van der Waals surface area contributed by atoms with E-state index >= 15 is 0 Å². The van der Waals surface area contributed by atoms with Gasteiger partial charge in [0.1, 0.15) is 0 Å². The predicted octanol–water partition coefficient (Wildman–Crippen LogP) is 8.92. The molecule has 0 bridgehead atoms. The van der Waals surface area contributed by atoms with Crippen molar-refractivity contribution in [2.24, 2.45) is 0 Å². The van der Waals surface area contributed by atoms with Crippen LogP contribution in [0.2, 0.25) is 0 Å². The molecule has 0 fully saturated rings. The minimum absolute atomic E-state index is 0. The van der Waals surface area contributed by atoms with Crippen molar-refractivity contribution in [3.05, 3.63) is 0 Å². The highest BCUT2D eigenvalue weighted by atomic mass is 15.1. The van der Waals surface area contributed by atoms with E-state index in [0.29, 0.717) is 0 Å². The molecule has 0 aliphatic carbocycles. The molecule has 0 aromatic carbocycles. The van der Waals surface area contributed by atoms with Crippen LogP contribution in [0.15, 0.2) is 0 Å². The molecular formula is C25H56N2. The summed E-state index contributed by atoms with van der Waals surface area (Å²) in [5.41, 5.74) is 0. The fraction of sp³-hybridized carbons (Fsp3) is 1.00. The van der Waals surface area contributed by atoms with E-state index in [2.05, 4.69) is 25.8 Å². The first-order chi connectivity index (χ1) is 12.8. The molecule has 0 aromatic heterocycles. The second-order valence-corrected chi connectivity index (χ2v) is 8.67. The summed E-state index contributed by atoms with van der Waals surface area (Å²) in [6.45, 7) is 7.23. The molecule has 0 unspecified atom stereocenters. The number of unbranched alkanes of at least 4 members (excludes halogenated alkanes) is 18. The van der Waals surface area contributed by atoms with Gasteiger partial charge in [-0.1, -0.05) is 129 Å². The van der Waals surface area contributed by atoms with Crippen LogP contribution >= 0.6 is 0 Å². The fourth-order valence-corrected chi connectivity index (χ4v) is 3.85. The summed E-state index contributed by atoms with van der Waals surface area (Å²) in [4.78, 5) is 2.56. The molecule has 2 heteroatoms. The standard InChI is InChI=1S/C25H53N.H3N/c1-4-6-8-10-12-14-16-18-20-22-24-26(3)25-23-21-19-17-15-13-11-9-7-5-2;/h4-25H2,1-3H3;1H3. The van der Waals surface area contributed by atoms with E-state index in [-0.39, 0.29) is 6.15 Å². The van der Waals surface area contributed by atoms with Gasteiger partial charge in [-0.3, -0.25) is 0 Å². The topological polar surface area (TPSA) is 38.2 Å². The van der Waals surface area contributed by atoms with Gasteiger partial charge >= 0.3 is 0 Å². The van der Waals surface area contributed by atoms with Crippen molar-refractivity contribution in [1.29, 1.82) is 0 Å². The Bertz CT molecular complexity index is 218. The van der Waals surface area contributed by atoms with Gasteiger partial charge in [-0.25, -0.2) is 0 Å². The van der Waals surface area contributed by atoms with E-state index in [0.717, 1.165) is 0 Å². The van der Waals surface area contributed by atoms with Gasteiger partial charge in [-0.05, 0) is 33.0 Å². The zero-order valence-corrected chi connectivity index (χ0v) is 19.7.